The quantitative estimate of drug-likeness (QED) is 0.823. The maximum Gasteiger partial charge on any atom is 0.251 e. The van der Waals surface area contributed by atoms with Crippen molar-refractivity contribution in [3.05, 3.63) is 54.4 Å². The number of hydrogen-bond donors (Lipinski definition) is 2. The van der Waals surface area contributed by atoms with Crippen LogP contribution in [0.4, 0.5) is 0 Å². The van der Waals surface area contributed by atoms with Crippen molar-refractivity contribution in [2.45, 2.75) is 32.2 Å². The van der Waals surface area contributed by atoms with Gasteiger partial charge in [-0.15, -0.1) is 0 Å². The van der Waals surface area contributed by atoms with Gasteiger partial charge in [0.15, 0.2) is 0 Å². The normalized spacial score (nSPS) is 11.1. The molecular weight excluding hydrogens is 290 g/mol. The van der Waals surface area contributed by atoms with Gasteiger partial charge in [0, 0.05) is 23.8 Å². The molecule has 0 bridgehead atoms. The Morgan fingerprint density at radius 2 is 1.87 bits per heavy atom. The number of nitrogens with one attached hydrogen (secondary N) is 1. The summed E-state index contributed by atoms with van der Waals surface area (Å²) in [7, 11) is 0. The van der Waals surface area contributed by atoms with Gasteiger partial charge >= 0.3 is 0 Å². The monoisotopic (exact) mass is 313 g/mol. The van der Waals surface area contributed by atoms with Crippen molar-refractivity contribution in [1.29, 1.82) is 0 Å². The number of ether oxygens (including phenoxy) is 1. The number of carbonyl (C=O) groups excluding carboxylic acids is 1. The summed E-state index contributed by atoms with van der Waals surface area (Å²) >= 11 is 0. The molecular formula is C18H23N3O2. The molecule has 0 aliphatic carbocycles. The smallest absolute Gasteiger partial charge is 0.251 e. The van der Waals surface area contributed by atoms with Crippen LogP contribution in [0, 0.1) is 0 Å². The number of rotatable bonds is 7. The average molecular weight is 313 g/mol. The highest BCUT2D eigenvalue weighted by Crippen LogP contribution is 2.20. The van der Waals surface area contributed by atoms with E-state index in [-0.39, 0.29) is 11.4 Å². The fourth-order valence-corrected chi connectivity index (χ4v) is 2.08. The van der Waals surface area contributed by atoms with Crippen molar-refractivity contribution in [2.24, 2.45) is 5.73 Å². The topological polar surface area (TPSA) is 77.2 Å². The third kappa shape index (κ3) is 4.79. The first-order valence-corrected chi connectivity index (χ1v) is 7.81. The molecule has 122 valence electrons. The maximum absolute atomic E-state index is 12.2. The Hall–Kier alpha value is -2.40. The van der Waals surface area contributed by atoms with Crippen molar-refractivity contribution < 1.29 is 9.53 Å². The lowest BCUT2D eigenvalue weighted by atomic mass is 9.94. The zero-order valence-electron chi connectivity index (χ0n) is 13.6. The van der Waals surface area contributed by atoms with Crippen molar-refractivity contribution in [3.63, 3.8) is 0 Å². The summed E-state index contributed by atoms with van der Waals surface area (Å²) in [5, 5.41) is 2.90. The van der Waals surface area contributed by atoms with Gasteiger partial charge in [-0.3, -0.25) is 9.78 Å². The summed E-state index contributed by atoms with van der Waals surface area (Å²) in [5.74, 6) is 1.18. The van der Waals surface area contributed by atoms with Gasteiger partial charge in [0.2, 0.25) is 0 Å². The number of hydrogen-bond acceptors (Lipinski definition) is 4. The minimum atomic E-state index is -0.348. The van der Waals surface area contributed by atoms with Gasteiger partial charge in [-0.25, -0.2) is 0 Å². The number of amides is 1. The summed E-state index contributed by atoms with van der Waals surface area (Å²) in [4.78, 5) is 16.2. The highest BCUT2D eigenvalue weighted by Gasteiger charge is 2.21. The molecule has 1 amide bonds. The van der Waals surface area contributed by atoms with Gasteiger partial charge in [0.1, 0.15) is 11.5 Å². The maximum atomic E-state index is 12.2. The summed E-state index contributed by atoms with van der Waals surface area (Å²) in [6.45, 7) is 4.52. The van der Waals surface area contributed by atoms with Gasteiger partial charge in [0.05, 0.1) is 6.20 Å². The Morgan fingerprint density at radius 3 is 2.43 bits per heavy atom. The zero-order chi connectivity index (χ0) is 16.7. The van der Waals surface area contributed by atoms with Crippen LogP contribution in [0.5, 0.6) is 11.5 Å². The van der Waals surface area contributed by atoms with E-state index in [9.17, 15) is 4.79 Å². The molecule has 0 radical (unpaired) electrons. The molecule has 0 spiro atoms. The molecule has 0 fully saturated rings. The lowest BCUT2D eigenvalue weighted by Crippen LogP contribution is -2.49. The SMILES string of the molecule is CCC(N)(CC)CNC(=O)c1ccc(Oc2cccnc2)cc1. The fraction of sp³-hybridized carbons (Fsp3) is 0.333. The molecule has 2 aromatic rings. The molecule has 0 atom stereocenters. The van der Waals surface area contributed by atoms with Gasteiger partial charge in [-0.05, 0) is 49.2 Å². The van der Waals surface area contributed by atoms with Crippen molar-refractivity contribution in [2.75, 3.05) is 6.54 Å². The standard InChI is InChI=1S/C18H23N3O2/c1-3-18(19,4-2)13-21-17(22)14-7-9-15(10-8-14)23-16-6-5-11-20-12-16/h5-12H,3-4,13,19H2,1-2H3,(H,21,22). The largest absolute Gasteiger partial charge is 0.456 e. The van der Waals surface area contributed by atoms with Crippen LogP contribution < -0.4 is 15.8 Å². The number of pyridine rings is 1. The Balaban J connectivity index is 1.95. The Kier molecular flexibility index (Phi) is 5.71. The minimum Gasteiger partial charge on any atom is -0.456 e. The molecule has 1 aromatic heterocycles. The highest BCUT2D eigenvalue weighted by atomic mass is 16.5. The van der Waals surface area contributed by atoms with E-state index in [0.717, 1.165) is 12.8 Å². The van der Waals surface area contributed by atoms with E-state index < -0.39 is 0 Å². The second-order valence-electron chi connectivity index (χ2n) is 5.57. The third-order valence-electron chi connectivity index (χ3n) is 4.00. The molecule has 0 unspecified atom stereocenters. The number of benzene rings is 1. The number of aromatic nitrogens is 1. The number of nitrogens with two attached hydrogens (primary N) is 1. The molecule has 0 aliphatic heterocycles. The Labute approximate surface area is 136 Å². The predicted molar refractivity (Wildman–Crippen MR) is 90.6 cm³/mol. The minimum absolute atomic E-state index is 0.130. The van der Waals surface area contributed by atoms with Crippen LogP contribution in [-0.4, -0.2) is 23.0 Å². The van der Waals surface area contributed by atoms with Crippen LogP contribution >= 0.6 is 0 Å². The van der Waals surface area contributed by atoms with Crippen LogP contribution in [0.15, 0.2) is 48.8 Å². The summed E-state index contributed by atoms with van der Waals surface area (Å²) < 4.78 is 5.65. The molecule has 5 heteroatoms. The lowest BCUT2D eigenvalue weighted by Gasteiger charge is -2.26. The number of nitrogens with zero attached hydrogens (tertiary/aromatic N) is 1. The molecule has 1 aromatic carbocycles. The van der Waals surface area contributed by atoms with E-state index in [2.05, 4.69) is 10.3 Å². The van der Waals surface area contributed by atoms with E-state index in [0.29, 0.717) is 23.6 Å². The van der Waals surface area contributed by atoms with Crippen molar-refractivity contribution in [1.82, 2.24) is 10.3 Å². The van der Waals surface area contributed by atoms with Gasteiger partial charge < -0.3 is 15.8 Å². The van der Waals surface area contributed by atoms with E-state index in [4.69, 9.17) is 10.5 Å². The van der Waals surface area contributed by atoms with Crippen LogP contribution in [-0.2, 0) is 0 Å². The predicted octanol–water partition coefficient (Wildman–Crippen LogP) is 3.12. The molecule has 0 saturated heterocycles. The molecule has 5 nitrogen and oxygen atoms in total. The zero-order valence-corrected chi connectivity index (χ0v) is 13.6. The van der Waals surface area contributed by atoms with Crippen LogP contribution in [0.3, 0.4) is 0 Å². The van der Waals surface area contributed by atoms with Gasteiger partial charge in [-0.1, -0.05) is 13.8 Å². The van der Waals surface area contributed by atoms with Crippen LogP contribution in [0.2, 0.25) is 0 Å². The second-order valence-corrected chi connectivity index (χ2v) is 5.57. The van der Waals surface area contributed by atoms with Crippen LogP contribution in [0.25, 0.3) is 0 Å². The fourth-order valence-electron chi connectivity index (χ4n) is 2.08. The van der Waals surface area contributed by atoms with Crippen molar-refractivity contribution in [3.8, 4) is 11.5 Å². The molecule has 1 heterocycles. The number of carbonyl (C=O) groups is 1. The first-order chi connectivity index (χ1) is 11.1. The van der Waals surface area contributed by atoms with E-state index in [1.165, 1.54) is 0 Å². The highest BCUT2D eigenvalue weighted by molar-refractivity contribution is 5.94. The molecule has 2 rings (SSSR count). The van der Waals surface area contributed by atoms with E-state index in [1.54, 1.807) is 42.7 Å². The third-order valence-corrected chi connectivity index (χ3v) is 4.00. The first kappa shape index (κ1) is 17.0. The molecule has 0 saturated carbocycles. The summed E-state index contributed by atoms with van der Waals surface area (Å²) in [5.41, 5.74) is 6.43. The van der Waals surface area contributed by atoms with Gasteiger partial charge in [-0.2, -0.15) is 0 Å². The van der Waals surface area contributed by atoms with Crippen LogP contribution in [0.1, 0.15) is 37.0 Å². The second kappa shape index (κ2) is 7.74. The Bertz CT molecular complexity index is 622. The molecule has 3 N–H and O–H groups in total. The first-order valence-electron chi connectivity index (χ1n) is 7.81. The van der Waals surface area contributed by atoms with E-state index >= 15 is 0 Å². The van der Waals surface area contributed by atoms with E-state index in [1.807, 2.05) is 19.9 Å². The summed E-state index contributed by atoms with van der Waals surface area (Å²) in [6, 6.07) is 10.6. The van der Waals surface area contributed by atoms with Gasteiger partial charge in [0.25, 0.3) is 5.91 Å². The van der Waals surface area contributed by atoms with Crippen molar-refractivity contribution >= 4 is 5.91 Å². The summed E-state index contributed by atoms with van der Waals surface area (Å²) in [6.07, 6.45) is 4.96. The molecule has 23 heavy (non-hydrogen) atoms. The lowest BCUT2D eigenvalue weighted by molar-refractivity contribution is 0.0942. The molecule has 0 aliphatic rings. The Morgan fingerprint density at radius 1 is 1.17 bits per heavy atom. The average Bonchev–Trinajstić information content (AvgIpc) is 2.61.